The van der Waals surface area contributed by atoms with E-state index in [0.29, 0.717) is 0 Å². The van der Waals surface area contributed by atoms with E-state index in [9.17, 15) is 0 Å². The van der Waals surface area contributed by atoms with Crippen molar-refractivity contribution in [1.82, 2.24) is 0 Å². The molecule has 0 aromatic carbocycles. The molecule has 0 atom stereocenters. The summed E-state index contributed by atoms with van der Waals surface area (Å²) in [7, 11) is 4.00. The molecule has 0 saturated carbocycles. The molecule has 0 rings (SSSR count). The van der Waals surface area contributed by atoms with Gasteiger partial charge in [0.2, 0.25) is 0 Å². The number of unbranched alkanes of at least 4 members (excludes halogenated alkanes) is 3. The second kappa shape index (κ2) is 144. The number of hydrogen-bond acceptors (Lipinski definition) is 6. The van der Waals surface area contributed by atoms with Crippen LogP contribution in [0, 0.1) is 14.9 Å². The topological polar surface area (TPSA) is 121 Å². The fourth-order valence-corrected chi connectivity index (χ4v) is 0.577. The van der Waals surface area contributed by atoms with Gasteiger partial charge in [-0.25, -0.2) is 0 Å². The van der Waals surface area contributed by atoms with Gasteiger partial charge >= 0.3 is 0 Å². The molecule has 0 bridgehead atoms. The third-order valence-electron chi connectivity index (χ3n) is 1.07. The quantitative estimate of drug-likeness (QED) is 0.227. The molecule has 0 aliphatic heterocycles. The van der Waals surface area contributed by atoms with E-state index in [1.807, 2.05) is 0 Å². The maximum atomic E-state index is 8.30. The molecule has 0 saturated heterocycles. The fourth-order valence-electron chi connectivity index (χ4n) is 0.577. The third kappa shape index (κ3) is 166. The molecule has 0 aromatic rings. The van der Waals surface area contributed by atoms with Crippen LogP contribution in [0.25, 0.3) is 0 Å². The zero-order chi connectivity index (χ0) is 14.2. The van der Waals surface area contributed by atoms with Crippen LogP contribution in [-0.2, 0) is 43.4 Å². The van der Waals surface area contributed by atoms with E-state index < -0.39 is 0 Å². The number of hydrogen-bond donors (Lipinski definition) is 6. The molecule has 0 amide bonds. The van der Waals surface area contributed by atoms with Crippen LogP contribution in [0.15, 0.2) is 0 Å². The van der Waals surface area contributed by atoms with Crippen molar-refractivity contribution in [2.75, 3.05) is 41.7 Å². The maximum absolute atomic E-state index is 8.30. The summed E-state index contributed by atoms with van der Waals surface area (Å²) in [6.07, 6.45) is 3.83. The minimum Gasteiger partial charge on any atom is -0.400 e. The monoisotopic (exact) mass is 372 g/mol. The summed E-state index contributed by atoms with van der Waals surface area (Å²) in [4.78, 5) is 0. The Morgan fingerprint density at radius 2 is 0.600 bits per heavy atom. The summed E-state index contributed by atoms with van der Waals surface area (Å²) in [6, 6.07) is 0. The zero-order valence-electron chi connectivity index (χ0n) is 13.9. The van der Waals surface area contributed by atoms with E-state index in [1.54, 1.807) is 0 Å². The second-order valence-corrected chi connectivity index (χ2v) is 1.86. The largest absolute Gasteiger partial charge is 0.400 e. The molecule has 0 aliphatic rings. The molecule has 0 heterocycles. The number of aliphatic hydroxyl groups excluding tert-OH is 6. The van der Waals surface area contributed by atoms with Crippen molar-refractivity contribution in [3.63, 3.8) is 0 Å². The van der Waals surface area contributed by atoms with Crippen molar-refractivity contribution in [2.45, 2.75) is 25.7 Å². The van der Waals surface area contributed by atoms with Gasteiger partial charge in [0.25, 0.3) is 0 Å². The van der Waals surface area contributed by atoms with Gasteiger partial charge in [0, 0.05) is 85.1 Å². The fraction of sp³-hybridized carbons (Fsp3) is 0.833. The Morgan fingerprint density at radius 1 is 0.450 bits per heavy atom. The Kier molecular flexibility index (Phi) is 418. The van der Waals surface area contributed by atoms with E-state index >= 15 is 0 Å². The van der Waals surface area contributed by atoms with Crippen molar-refractivity contribution in [3.8, 4) is 0 Å². The first kappa shape index (κ1) is 58.1. The molecular weight excluding hydrogens is 336 g/mol. The average Bonchev–Trinajstić information content (AvgIpc) is 2.44. The smallest absolute Gasteiger partial charge is 0.0431 e. The van der Waals surface area contributed by atoms with Crippen LogP contribution in [0.2, 0.25) is 0 Å². The molecule has 0 fully saturated rings. The molecule has 6 nitrogen and oxygen atoms in total. The predicted octanol–water partition coefficient (Wildman–Crippen LogP) is -0.139. The van der Waals surface area contributed by atoms with Crippen LogP contribution in [0.4, 0.5) is 0 Å². The van der Waals surface area contributed by atoms with Gasteiger partial charge in [-0.05, 0) is 12.8 Å². The van der Waals surface area contributed by atoms with E-state index in [0.717, 1.165) is 54.1 Å². The summed E-state index contributed by atoms with van der Waals surface area (Å²) in [5, 5.41) is 44.6. The second-order valence-electron chi connectivity index (χ2n) is 1.86. The summed E-state index contributed by atoms with van der Waals surface area (Å²) < 4.78 is 0. The molecular formula is C12H36O6Ti2-2. The van der Waals surface area contributed by atoms with Crippen molar-refractivity contribution in [3.05, 3.63) is 14.9 Å². The van der Waals surface area contributed by atoms with Crippen molar-refractivity contribution in [2.24, 2.45) is 0 Å². The van der Waals surface area contributed by atoms with E-state index in [1.165, 1.54) is 0 Å². The maximum Gasteiger partial charge on any atom is 0.0431 e. The number of rotatable bonds is 5. The van der Waals surface area contributed by atoms with Gasteiger partial charge in [-0.15, -0.1) is 0 Å². The Balaban J connectivity index is -0.0000000127. The van der Waals surface area contributed by atoms with Gasteiger partial charge in [0.05, 0.1) is 0 Å². The van der Waals surface area contributed by atoms with Crippen LogP contribution < -0.4 is 0 Å². The summed E-state index contributed by atoms with van der Waals surface area (Å²) in [5.74, 6) is 0. The van der Waals surface area contributed by atoms with E-state index in [4.69, 9.17) is 30.6 Å². The van der Waals surface area contributed by atoms with Crippen molar-refractivity contribution >= 4 is 0 Å². The Labute approximate surface area is 156 Å². The van der Waals surface area contributed by atoms with Gasteiger partial charge in [-0.1, -0.05) is 12.8 Å². The SMILES string of the molecule is CO.CO.CO.CO.OCCCCCCO.[CH3-].[CH3-].[Ti].[Ti]. The van der Waals surface area contributed by atoms with Crippen LogP contribution in [0.1, 0.15) is 25.7 Å². The summed E-state index contributed by atoms with van der Waals surface area (Å²) >= 11 is 0. The first-order valence-electron chi connectivity index (χ1n) is 4.92. The third-order valence-corrected chi connectivity index (χ3v) is 1.07. The zero-order valence-corrected chi connectivity index (χ0v) is 17.0. The summed E-state index contributed by atoms with van der Waals surface area (Å²) in [5.41, 5.74) is 0. The molecule has 6 N–H and O–H groups in total. The van der Waals surface area contributed by atoms with Crippen LogP contribution in [-0.4, -0.2) is 72.3 Å². The molecule has 130 valence electrons. The minimum absolute atomic E-state index is 0. The van der Waals surface area contributed by atoms with Gasteiger partial charge in [0.15, 0.2) is 0 Å². The molecule has 8 heteroatoms. The van der Waals surface area contributed by atoms with Gasteiger partial charge in [-0.3, -0.25) is 0 Å². The standard InChI is InChI=1S/C6H14O2.4CH4O.2CH3.2Ti/c7-5-3-1-2-4-6-8;4*1-2;;;;/h7-8H,1-6H2;4*2H,1H3;2*1H3;;/q;;;;;2*-1;;. The first-order valence-corrected chi connectivity index (χ1v) is 4.92. The van der Waals surface area contributed by atoms with Gasteiger partial charge < -0.3 is 45.5 Å². The van der Waals surface area contributed by atoms with Gasteiger partial charge in [-0.2, -0.15) is 0 Å². The van der Waals surface area contributed by atoms with Crippen LogP contribution in [0.5, 0.6) is 0 Å². The van der Waals surface area contributed by atoms with Crippen LogP contribution in [0.3, 0.4) is 0 Å². The Morgan fingerprint density at radius 3 is 0.700 bits per heavy atom. The molecule has 0 spiro atoms. The van der Waals surface area contributed by atoms with Crippen molar-refractivity contribution < 1.29 is 74.1 Å². The Hall–Kier alpha value is 1.19. The molecule has 0 radical (unpaired) electrons. The first-order chi connectivity index (χ1) is 7.91. The van der Waals surface area contributed by atoms with Gasteiger partial charge in [0.1, 0.15) is 0 Å². The summed E-state index contributed by atoms with van der Waals surface area (Å²) in [6.45, 7) is 0.566. The predicted molar refractivity (Wildman–Crippen MR) is 78.0 cm³/mol. The average molecular weight is 372 g/mol. The van der Waals surface area contributed by atoms with Crippen molar-refractivity contribution in [1.29, 1.82) is 0 Å². The minimum atomic E-state index is 0. The van der Waals surface area contributed by atoms with Crippen LogP contribution >= 0.6 is 0 Å². The molecule has 0 aliphatic carbocycles. The molecule has 0 unspecified atom stereocenters. The molecule has 0 aromatic heterocycles. The Bertz CT molecular complexity index is 50.9. The van der Waals surface area contributed by atoms with E-state index in [2.05, 4.69) is 0 Å². The normalized spacial score (nSPS) is 5.10. The molecule has 20 heavy (non-hydrogen) atoms. The van der Waals surface area contributed by atoms with E-state index in [-0.39, 0.29) is 71.5 Å². The number of aliphatic hydroxyl groups is 6.